The Morgan fingerprint density at radius 1 is 1.35 bits per heavy atom. The summed E-state index contributed by atoms with van der Waals surface area (Å²) < 4.78 is 3.85. The van der Waals surface area contributed by atoms with Crippen LogP contribution in [0.5, 0.6) is 0 Å². The Hall–Kier alpha value is -0.980. The molecule has 106 valence electrons. The van der Waals surface area contributed by atoms with Crippen molar-refractivity contribution < 1.29 is 0 Å². The highest BCUT2D eigenvalue weighted by Gasteiger charge is 2.21. The second-order valence-electron chi connectivity index (χ2n) is 5.18. The van der Waals surface area contributed by atoms with Crippen LogP contribution in [0.4, 0.5) is 0 Å². The van der Waals surface area contributed by atoms with Gasteiger partial charge in [0.25, 0.3) is 0 Å². The summed E-state index contributed by atoms with van der Waals surface area (Å²) >= 11 is 8.96. The Bertz CT molecular complexity index is 670. The van der Waals surface area contributed by atoms with Crippen LogP contribution in [0.2, 0.25) is 0 Å². The van der Waals surface area contributed by atoms with Gasteiger partial charge in [-0.15, -0.1) is 0 Å². The van der Waals surface area contributed by atoms with Gasteiger partial charge in [0.1, 0.15) is 5.82 Å². The molecule has 2 aromatic rings. The Morgan fingerprint density at radius 3 is 2.80 bits per heavy atom. The van der Waals surface area contributed by atoms with Gasteiger partial charge >= 0.3 is 0 Å². The highest BCUT2D eigenvalue weighted by Crippen LogP contribution is 2.27. The molecule has 1 aliphatic heterocycles. The van der Waals surface area contributed by atoms with Gasteiger partial charge in [-0.3, -0.25) is 9.67 Å². The van der Waals surface area contributed by atoms with Crippen molar-refractivity contribution >= 4 is 28.1 Å². The van der Waals surface area contributed by atoms with E-state index >= 15 is 0 Å². The van der Waals surface area contributed by atoms with E-state index < -0.39 is 0 Å². The SMILES string of the molecule is Cc1cc(-n2c(C3CCNCC3)n[nH]c2=S)ccc1Br. The zero-order valence-corrected chi connectivity index (χ0v) is 13.7. The van der Waals surface area contributed by atoms with Gasteiger partial charge in [-0.05, 0) is 68.8 Å². The first-order valence-electron chi connectivity index (χ1n) is 6.81. The van der Waals surface area contributed by atoms with E-state index in [-0.39, 0.29) is 0 Å². The van der Waals surface area contributed by atoms with E-state index in [4.69, 9.17) is 12.2 Å². The average molecular weight is 353 g/mol. The topological polar surface area (TPSA) is 45.6 Å². The molecule has 1 saturated heterocycles. The maximum absolute atomic E-state index is 5.42. The normalized spacial score (nSPS) is 16.5. The van der Waals surface area contributed by atoms with Crippen LogP contribution >= 0.6 is 28.1 Å². The number of nitrogens with zero attached hydrogens (tertiary/aromatic N) is 2. The fourth-order valence-corrected chi connectivity index (χ4v) is 3.17. The molecule has 1 aliphatic rings. The number of rotatable bonds is 2. The summed E-state index contributed by atoms with van der Waals surface area (Å²) in [5.41, 5.74) is 2.28. The van der Waals surface area contributed by atoms with Crippen molar-refractivity contribution in [1.29, 1.82) is 0 Å². The van der Waals surface area contributed by atoms with E-state index in [2.05, 4.69) is 61.1 Å². The molecule has 4 nitrogen and oxygen atoms in total. The monoisotopic (exact) mass is 352 g/mol. The molecule has 2 heterocycles. The van der Waals surface area contributed by atoms with Crippen molar-refractivity contribution in [3.63, 3.8) is 0 Å². The lowest BCUT2D eigenvalue weighted by molar-refractivity contribution is 0.440. The van der Waals surface area contributed by atoms with E-state index in [1.54, 1.807) is 0 Å². The summed E-state index contributed by atoms with van der Waals surface area (Å²) in [6.07, 6.45) is 2.21. The molecule has 0 spiro atoms. The van der Waals surface area contributed by atoms with Gasteiger partial charge in [-0.1, -0.05) is 15.9 Å². The fraction of sp³-hybridized carbons (Fsp3) is 0.429. The summed E-state index contributed by atoms with van der Waals surface area (Å²) in [5, 5.41) is 10.8. The van der Waals surface area contributed by atoms with Crippen molar-refractivity contribution in [3.8, 4) is 5.69 Å². The van der Waals surface area contributed by atoms with Gasteiger partial charge < -0.3 is 5.32 Å². The van der Waals surface area contributed by atoms with Gasteiger partial charge in [0, 0.05) is 16.1 Å². The number of aromatic amines is 1. The maximum Gasteiger partial charge on any atom is 0.199 e. The molecule has 1 fully saturated rings. The summed E-state index contributed by atoms with van der Waals surface area (Å²) in [4.78, 5) is 0. The Morgan fingerprint density at radius 2 is 2.10 bits per heavy atom. The number of piperidine rings is 1. The zero-order chi connectivity index (χ0) is 14.1. The van der Waals surface area contributed by atoms with Crippen LogP contribution in [0, 0.1) is 11.7 Å². The number of hydrogen-bond donors (Lipinski definition) is 2. The molecule has 0 radical (unpaired) electrons. The molecule has 1 aromatic heterocycles. The molecule has 0 unspecified atom stereocenters. The van der Waals surface area contributed by atoms with Crippen LogP contribution in [0.25, 0.3) is 5.69 Å². The third-order valence-electron chi connectivity index (χ3n) is 3.80. The molecular weight excluding hydrogens is 336 g/mol. The molecule has 6 heteroatoms. The van der Waals surface area contributed by atoms with Gasteiger partial charge in [-0.2, -0.15) is 5.10 Å². The van der Waals surface area contributed by atoms with Crippen molar-refractivity contribution in [1.82, 2.24) is 20.1 Å². The average Bonchev–Trinajstić information content (AvgIpc) is 2.85. The number of aromatic nitrogens is 3. The maximum atomic E-state index is 5.42. The molecule has 0 saturated carbocycles. The number of hydrogen-bond acceptors (Lipinski definition) is 3. The molecular formula is C14H17BrN4S. The molecule has 1 aromatic carbocycles. The predicted octanol–water partition coefficient (Wildman–Crippen LogP) is 3.47. The molecule has 0 amide bonds. The van der Waals surface area contributed by atoms with E-state index in [1.807, 2.05) is 0 Å². The van der Waals surface area contributed by atoms with Crippen LogP contribution in [-0.2, 0) is 0 Å². The number of benzene rings is 1. The van der Waals surface area contributed by atoms with E-state index in [1.165, 1.54) is 5.56 Å². The molecule has 2 N–H and O–H groups in total. The van der Waals surface area contributed by atoms with Gasteiger partial charge in [0.15, 0.2) is 4.77 Å². The third-order valence-corrected chi connectivity index (χ3v) is 4.97. The van der Waals surface area contributed by atoms with Crippen molar-refractivity contribution in [2.75, 3.05) is 13.1 Å². The van der Waals surface area contributed by atoms with Crippen LogP contribution < -0.4 is 5.32 Å². The van der Waals surface area contributed by atoms with Crippen LogP contribution in [0.1, 0.15) is 30.1 Å². The van der Waals surface area contributed by atoms with Gasteiger partial charge in [0.05, 0.1) is 0 Å². The minimum atomic E-state index is 0.466. The molecule has 20 heavy (non-hydrogen) atoms. The molecule has 3 rings (SSSR count). The second-order valence-corrected chi connectivity index (χ2v) is 6.42. The third kappa shape index (κ3) is 2.60. The van der Waals surface area contributed by atoms with E-state index in [9.17, 15) is 0 Å². The van der Waals surface area contributed by atoms with Gasteiger partial charge in [0.2, 0.25) is 0 Å². The van der Waals surface area contributed by atoms with Crippen LogP contribution in [0.15, 0.2) is 22.7 Å². The van der Waals surface area contributed by atoms with E-state index in [0.717, 1.165) is 41.9 Å². The largest absolute Gasteiger partial charge is 0.317 e. The standard InChI is InChI=1S/C14H17BrN4S/c1-9-8-11(2-3-12(9)15)19-13(17-18-14(19)20)10-4-6-16-7-5-10/h2-3,8,10,16H,4-7H2,1H3,(H,18,20). The van der Waals surface area contributed by atoms with Crippen molar-refractivity contribution in [2.24, 2.45) is 0 Å². The van der Waals surface area contributed by atoms with Crippen molar-refractivity contribution in [3.05, 3.63) is 38.8 Å². The number of H-pyrrole nitrogens is 1. The Kier molecular flexibility index (Phi) is 4.05. The van der Waals surface area contributed by atoms with Crippen LogP contribution in [-0.4, -0.2) is 27.9 Å². The van der Waals surface area contributed by atoms with Crippen LogP contribution in [0.3, 0.4) is 0 Å². The second kappa shape index (κ2) is 5.79. The first kappa shape index (κ1) is 14.0. The predicted molar refractivity (Wildman–Crippen MR) is 86.0 cm³/mol. The quantitative estimate of drug-likeness (QED) is 0.813. The lowest BCUT2D eigenvalue weighted by Gasteiger charge is -2.22. The highest BCUT2D eigenvalue weighted by molar-refractivity contribution is 9.10. The molecule has 0 bridgehead atoms. The summed E-state index contributed by atoms with van der Waals surface area (Å²) in [6, 6.07) is 6.28. The molecule has 0 aliphatic carbocycles. The lowest BCUT2D eigenvalue weighted by Crippen LogP contribution is -2.28. The summed E-state index contributed by atoms with van der Waals surface area (Å²) in [5.74, 6) is 1.52. The number of nitrogens with one attached hydrogen (secondary N) is 2. The zero-order valence-electron chi connectivity index (χ0n) is 11.3. The smallest absolute Gasteiger partial charge is 0.199 e. The van der Waals surface area contributed by atoms with Crippen molar-refractivity contribution in [2.45, 2.75) is 25.7 Å². The first-order valence-corrected chi connectivity index (χ1v) is 8.01. The highest BCUT2D eigenvalue weighted by atomic mass is 79.9. The first-order chi connectivity index (χ1) is 9.66. The lowest BCUT2D eigenvalue weighted by atomic mass is 9.97. The molecule has 0 atom stereocenters. The minimum Gasteiger partial charge on any atom is -0.317 e. The number of halogens is 1. The minimum absolute atomic E-state index is 0.466. The Labute approximate surface area is 131 Å². The summed E-state index contributed by atoms with van der Waals surface area (Å²) in [6.45, 7) is 4.18. The van der Waals surface area contributed by atoms with Gasteiger partial charge in [-0.25, -0.2) is 0 Å². The Balaban J connectivity index is 2.06. The fourth-order valence-electron chi connectivity index (χ4n) is 2.68. The summed E-state index contributed by atoms with van der Waals surface area (Å²) in [7, 11) is 0. The number of aryl methyl sites for hydroxylation is 1. The van der Waals surface area contributed by atoms with E-state index in [0.29, 0.717) is 10.7 Å².